The van der Waals surface area contributed by atoms with Crippen LogP contribution in [0.4, 0.5) is 0 Å². The number of carbonyl (C=O) groups excluding carboxylic acids is 1. The van der Waals surface area contributed by atoms with E-state index < -0.39 is 0 Å². The second-order valence-corrected chi connectivity index (χ2v) is 4.63. The van der Waals surface area contributed by atoms with E-state index in [1.54, 1.807) is 6.07 Å². The van der Waals surface area contributed by atoms with Crippen LogP contribution in [0.25, 0.3) is 0 Å². The van der Waals surface area contributed by atoms with Gasteiger partial charge in [0.2, 0.25) is 0 Å². The third-order valence-corrected chi connectivity index (χ3v) is 3.30. The number of hydrogen-bond acceptors (Lipinski definition) is 4. The van der Waals surface area contributed by atoms with Crippen LogP contribution >= 0.6 is 11.8 Å². The summed E-state index contributed by atoms with van der Waals surface area (Å²) in [6.07, 6.45) is 3.90. The molecule has 4 nitrogen and oxygen atoms in total. The van der Waals surface area contributed by atoms with Gasteiger partial charge in [-0.25, -0.2) is 0 Å². The van der Waals surface area contributed by atoms with Crippen LogP contribution in [-0.4, -0.2) is 31.3 Å². The third kappa shape index (κ3) is 2.80. The van der Waals surface area contributed by atoms with Crippen LogP contribution in [0.5, 0.6) is 0 Å². The molecule has 0 bridgehead atoms. The van der Waals surface area contributed by atoms with E-state index in [9.17, 15) is 4.79 Å². The normalized spacial score (nSPS) is 17.3. The van der Waals surface area contributed by atoms with E-state index in [1.165, 1.54) is 11.8 Å². The molecule has 1 aliphatic heterocycles. The number of nitrogens with one attached hydrogen (secondary N) is 2. The van der Waals surface area contributed by atoms with E-state index in [0.29, 0.717) is 5.76 Å². The number of hydrogen-bond donors (Lipinski definition) is 2. The molecule has 1 fully saturated rings. The van der Waals surface area contributed by atoms with Crippen molar-refractivity contribution in [2.75, 3.05) is 19.3 Å². The van der Waals surface area contributed by atoms with Crippen molar-refractivity contribution in [1.82, 2.24) is 10.6 Å². The van der Waals surface area contributed by atoms with Crippen LogP contribution in [0.2, 0.25) is 0 Å². The van der Waals surface area contributed by atoms with Gasteiger partial charge in [0.25, 0.3) is 5.91 Å². The zero-order chi connectivity index (χ0) is 11.4. The largest absolute Gasteiger partial charge is 0.445 e. The van der Waals surface area contributed by atoms with Crippen LogP contribution in [0.15, 0.2) is 21.6 Å². The summed E-state index contributed by atoms with van der Waals surface area (Å²) in [5, 5.41) is 7.03. The van der Waals surface area contributed by atoms with Crippen molar-refractivity contribution in [3.63, 3.8) is 0 Å². The average Bonchev–Trinajstić information content (AvgIpc) is 2.79. The van der Waals surface area contributed by atoms with Crippen molar-refractivity contribution in [3.05, 3.63) is 17.9 Å². The average molecular weight is 240 g/mol. The summed E-state index contributed by atoms with van der Waals surface area (Å²) in [4.78, 5) is 11.8. The quantitative estimate of drug-likeness (QED) is 0.786. The minimum atomic E-state index is -0.104. The first-order chi connectivity index (χ1) is 7.79. The fraction of sp³-hybridized carbons (Fsp3) is 0.545. The Bertz CT molecular complexity index is 359. The molecule has 0 aromatic carbocycles. The Balaban J connectivity index is 1.91. The van der Waals surface area contributed by atoms with Gasteiger partial charge in [0.15, 0.2) is 10.9 Å². The van der Waals surface area contributed by atoms with Crippen molar-refractivity contribution >= 4 is 17.7 Å². The number of piperidine rings is 1. The molecule has 0 spiro atoms. The van der Waals surface area contributed by atoms with Crippen LogP contribution in [0.1, 0.15) is 23.4 Å². The van der Waals surface area contributed by atoms with Crippen molar-refractivity contribution in [3.8, 4) is 0 Å². The lowest BCUT2D eigenvalue weighted by Gasteiger charge is -2.23. The van der Waals surface area contributed by atoms with Crippen molar-refractivity contribution < 1.29 is 9.21 Å². The van der Waals surface area contributed by atoms with E-state index in [2.05, 4.69) is 10.6 Å². The Morgan fingerprint density at radius 1 is 1.50 bits per heavy atom. The highest BCUT2D eigenvalue weighted by Gasteiger charge is 2.18. The van der Waals surface area contributed by atoms with Gasteiger partial charge in [0, 0.05) is 6.04 Å². The Labute approximate surface area is 99.2 Å². The van der Waals surface area contributed by atoms with Crippen molar-refractivity contribution in [2.45, 2.75) is 24.0 Å². The van der Waals surface area contributed by atoms with Gasteiger partial charge >= 0.3 is 0 Å². The van der Waals surface area contributed by atoms with E-state index in [1.807, 2.05) is 12.3 Å². The maximum Gasteiger partial charge on any atom is 0.287 e. The molecule has 2 N–H and O–H groups in total. The van der Waals surface area contributed by atoms with Crippen LogP contribution in [-0.2, 0) is 0 Å². The molecule has 88 valence electrons. The number of carbonyl (C=O) groups is 1. The molecule has 0 saturated carbocycles. The highest BCUT2D eigenvalue weighted by atomic mass is 32.2. The molecule has 1 aromatic heterocycles. The van der Waals surface area contributed by atoms with Gasteiger partial charge in [-0.2, -0.15) is 0 Å². The second kappa shape index (κ2) is 5.41. The Morgan fingerprint density at radius 2 is 2.25 bits per heavy atom. The van der Waals surface area contributed by atoms with Gasteiger partial charge in [-0.05, 0) is 44.3 Å². The molecule has 1 saturated heterocycles. The molecular weight excluding hydrogens is 224 g/mol. The summed E-state index contributed by atoms with van der Waals surface area (Å²) < 4.78 is 5.37. The molecule has 0 unspecified atom stereocenters. The highest BCUT2D eigenvalue weighted by Crippen LogP contribution is 2.18. The molecule has 5 heteroatoms. The molecule has 1 aliphatic rings. The molecule has 2 rings (SSSR count). The summed E-state index contributed by atoms with van der Waals surface area (Å²) in [5.41, 5.74) is 0. The summed E-state index contributed by atoms with van der Waals surface area (Å²) in [7, 11) is 0. The monoisotopic (exact) mass is 240 g/mol. The smallest absolute Gasteiger partial charge is 0.287 e. The van der Waals surface area contributed by atoms with Crippen molar-refractivity contribution in [2.24, 2.45) is 0 Å². The zero-order valence-electron chi connectivity index (χ0n) is 9.29. The Hall–Kier alpha value is -0.940. The maximum atomic E-state index is 11.8. The molecule has 1 aromatic rings. The maximum absolute atomic E-state index is 11.8. The Kier molecular flexibility index (Phi) is 3.90. The van der Waals surface area contributed by atoms with Crippen LogP contribution in [0.3, 0.4) is 0 Å². The number of furan rings is 1. The van der Waals surface area contributed by atoms with Gasteiger partial charge in [-0.3, -0.25) is 4.79 Å². The lowest BCUT2D eigenvalue weighted by molar-refractivity contribution is 0.0896. The second-order valence-electron chi connectivity index (χ2n) is 3.82. The molecule has 1 amide bonds. The summed E-state index contributed by atoms with van der Waals surface area (Å²) in [6.45, 7) is 1.94. The van der Waals surface area contributed by atoms with E-state index in [0.717, 1.165) is 31.0 Å². The molecule has 0 radical (unpaired) electrons. The molecule has 2 heterocycles. The first-order valence-corrected chi connectivity index (χ1v) is 6.67. The summed E-state index contributed by atoms with van der Waals surface area (Å²) in [5.74, 6) is 0.301. The van der Waals surface area contributed by atoms with Crippen molar-refractivity contribution in [1.29, 1.82) is 0 Å². The predicted molar refractivity (Wildman–Crippen MR) is 63.8 cm³/mol. The summed E-state index contributed by atoms with van der Waals surface area (Å²) >= 11 is 1.50. The van der Waals surface area contributed by atoms with E-state index >= 15 is 0 Å². The van der Waals surface area contributed by atoms with E-state index in [-0.39, 0.29) is 11.9 Å². The molecule has 0 aliphatic carbocycles. The van der Waals surface area contributed by atoms with Gasteiger partial charge in [0.05, 0.1) is 0 Å². The SMILES string of the molecule is CSc1ccc(C(=O)NC2CCNCC2)o1. The lowest BCUT2D eigenvalue weighted by atomic mass is 10.1. The van der Waals surface area contributed by atoms with Gasteiger partial charge in [0.1, 0.15) is 0 Å². The van der Waals surface area contributed by atoms with Gasteiger partial charge < -0.3 is 15.1 Å². The minimum Gasteiger partial charge on any atom is -0.445 e. The standard InChI is InChI=1S/C11H16N2O2S/c1-16-10-3-2-9(15-10)11(14)13-8-4-6-12-7-5-8/h2-3,8,12H,4-7H2,1H3,(H,13,14). The highest BCUT2D eigenvalue weighted by molar-refractivity contribution is 7.98. The van der Waals surface area contributed by atoms with E-state index in [4.69, 9.17) is 4.42 Å². The molecule has 0 atom stereocenters. The molecular formula is C11H16N2O2S. The zero-order valence-corrected chi connectivity index (χ0v) is 10.1. The predicted octanol–water partition coefficient (Wildman–Crippen LogP) is 1.48. The number of thioether (sulfide) groups is 1. The fourth-order valence-electron chi connectivity index (χ4n) is 1.77. The fourth-order valence-corrected chi connectivity index (χ4v) is 2.15. The molecule has 16 heavy (non-hydrogen) atoms. The Morgan fingerprint density at radius 3 is 2.88 bits per heavy atom. The first kappa shape index (κ1) is 11.5. The van der Waals surface area contributed by atoms with Gasteiger partial charge in [-0.1, -0.05) is 11.8 Å². The topological polar surface area (TPSA) is 54.3 Å². The van der Waals surface area contributed by atoms with Crippen LogP contribution < -0.4 is 10.6 Å². The first-order valence-electron chi connectivity index (χ1n) is 5.45. The van der Waals surface area contributed by atoms with Crippen LogP contribution in [0, 0.1) is 0 Å². The number of rotatable bonds is 3. The third-order valence-electron chi connectivity index (χ3n) is 2.68. The van der Waals surface area contributed by atoms with Gasteiger partial charge in [-0.15, -0.1) is 0 Å². The summed E-state index contributed by atoms with van der Waals surface area (Å²) in [6, 6.07) is 3.82. The minimum absolute atomic E-state index is 0.104. The number of amides is 1. The lowest BCUT2D eigenvalue weighted by Crippen LogP contribution is -2.42.